The van der Waals surface area contributed by atoms with E-state index in [4.69, 9.17) is 32.0 Å². The van der Waals surface area contributed by atoms with Gasteiger partial charge in [0.15, 0.2) is 0 Å². The van der Waals surface area contributed by atoms with Gasteiger partial charge in [0.25, 0.3) is 0 Å². The third-order valence-corrected chi connectivity index (χ3v) is 16.3. The second-order valence-corrected chi connectivity index (χ2v) is 23.0. The van der Waals surface area contributed by atoms with Crippen LogP contribution < -0.4 is 0 Å². The van der Waals surface area contributed by atoms with E-state index in [1.54, 1.807) is 23.3 Å². The van der Waals surface area contributed by atoms with E-state index in [1.165, 1.54) is 66.1 Å². The first-order valence-corrected chi connectivity index (χ1v) is 24.3. The van der Waals surface area contributed by atoms with Crippen molar-refractivity contribution in [1.82, 2.24) is 0 Å². The monoisotopic (exact) mass is 826 g/mol. The first-order valence-electron chi connectivity index (χ1n) is 18.0. The number of aryl methyl sites for hydroxylation is 4. The molecule has 6 heteroatoms. The zero-order valence-corrected chi connectivity index (χ0v) is 36.0. The van der Waals surface area contributed by atoms with Crippen LogP contribution in [-0.4, -0.2) is 9.77 Å². The van der Waals surface area contributed by atoms with Gasteiger partial charge in [0.1, 0.15) is 0 Å². The fraction of sp³-hybridized carbons (Fsp3) is 0.191. The molecule has 2 aromatic heterocycles. The molecule has 264 valence electrons. The Kier molecular flexibility index (Phi) is 11.1. The maximum atomic E-state index is 5.81. The summed E-state index contributed by atoms with van der Waals surface area (Å²) < 4.78 is 11.3. The van der Waals surface area contributed by atoms with Crippen LogP contribution in [0.25, 0.3) is 66.4 Å². The molecule has 1 aliphatic rings. The van der Waals surface area contributed by atoms with Crippen LogP contribution in [0.3, 0.4) is 0 Å². The van der Waals surface area contributed by atoms with Crippen molar-refractivity contribution < 1.29 is 32.2 Å². The Morgan fingerprint density at radius 2 is 0.962 bits per heavy atom. The first-order chi connectivity index (χ1) is 25.4. The van der Waals surface area contributed by atoms with Crippen LogP contribution in [0.4, 0.5) is 0 Å². The summed E-state index contributed by atoms with van der Waals surface area (Å²) in [6.45, 7) is 12.8. The summed E-state index contributed by atoms with van der Waals surface area (Å²) in [5.74, 6) is 3.77. The summed E-state index contributed by atoms with van der Waals surface area (Å²) >= 11 is 13.1. The Morgan fingerprint density at radius 3 is 1.26 bits per heavy atom. The SMILES string of the molecule is Cc1ccc(-c2cc3c(-c4ccccc4)c(C)c(C)cc3[cH-]2)o1.Cc1ccc(-c2cc3c(-c4ccccc4)c(C)c(C)cc3[cH-]2)o1.ClC1(Cl)C[Si](=[Zr+2])C1. The van der Waals surface area contributed by atoms with E-state index >= 15 is 0 Å². The van der Waals surface area contributed by atoms with E-state index in [1.807, 2.05) is 38.1 Å². The van der Waals surface area contributed by atoms with Crippen LogP contribution in [0.1, 0.15) is 33.8 Å². The van der Waals surface area contributed by atoms with Gasteiger partial charge >= 0.3 is 68.4 Å². The summed E-state index contributed by atoms with van der Waals surface area (Å²) in [6, 6.07) is 45.1. The molecule has 0 atom stereocenters. The standard InChI is InChI=1S/2C22H19O.C3H4Cl2Si.Zr/c2*1-14-11-18-12-19(21-10-9-15(2)23-21)13-20(18)22(16(14)3)17-7-5-4-6-8-17;4-3(5)1-6-2-3;/h2*4-13H,1-3H3;1-2H2;/q2*-1;;+2. The number of alkyl halides is 2. The van der Waals surface area contributed by atoms with Crippen molar-refractivity contribution in [2.24, 2.45) is 0 Å². The van der Waals surface area contributed by atoms with Gasteiger partial charge in [0.05, 0.1) is 23.0 Å². The number of hydrogen-bond acceptors (Lipinski definition) is 2. The van der Waals surface area contributed by atoms with E-state index in [0.29, 0.717) is 0 Å². The topological polar surface area (TPSA) is 26.3 Å². The van der Waals surface area contributed by atoms with Crippen molar-refractivity contribution in [3.05, 3.63) is 155 Å². The van der Waals surface area contributed by atoms with Crippen LogP contribution >= 0.6 is 23.2 Å². The average Bonchev–Trinajstić information content (AvgIpc) is 3.93. The molecule has 8 aromatic rings. The van der Waals surface area contributed by atoms with E-state index < -0.39 is 0 Å². The van der Waals surface area contributed by atoms with Gasteiger partial charge in [-0.3, -0.25) is 0 Å². The average molecular weight is 829 g/mol. The molecule has 1 saturated heterocycles. The molecule has 0 amide bonds. The third-order valence-electron chi connectivity index (χ3n) is 10.2. The van der Waals surface area contributed by atoms with Gasteiger partial charge in [-0.2, -0.15) is 0 Å². The molecule has 0 radical (unpaired) electrons. The van der Waals surface area contributed by atoms with Crippen molar-refractivity contribution in [3.8, 4) is 44.9 Å². The van der Waals surface area contributed by atoms with Crippen LogP contribution in [0.2, 0.25) is 12.1 Å². The molecule has 2 nitrogen and oxygen atoms in total. The second kappa shape index (κ2) is 15.6. The third kappa shape index (κ3) is 8.23. The fourth-order valence-corrected chi connectivity index (χ4v) is 18.0. The van der Waals surface area contributed by atoms with Crippen molar-refractivity contribution in [1.29, 1.82) is 0 Å². The van der Waals surface area contributed by atoms with E-state index in [-0.39, 0.29) is 9.77 Å². The summed E-state index contributed by atoms with van der Waals surface area (Å²) in [4.78, 5) is 0. The predicted molar refractivity (Wildman–Crippen MR) is 224 cm³/mol. The summed E-state index contributed by atoms with van der Waals surface area (Å²) in [5, 5.41) is 5.14. The van der Waals surface area contributed by atoms with Gasteiger partial charge < -0.3 is 8.83 Å². The summed E-state index contributed by atoms with van der Waals surface area (Å²) in [7, 11) is 0. The number of hydrogen-bond donors (Lipinski definition) is 0. The van der Waals surface area contributed by atoms with Crippen molar-refractivity contribution >= 4 is 50.2 Å². The van der Waals surface area contributed by atoms with Gasteiger partial charge in [-0.05, 0) is 88.1 Å². The molecule has 0 saturated carbocycles. The molecule has 0 N–H and O–H groups in total. The van der Waals surface area contributed by atoms with E-state index in [0.717, 1.165) is 46.3 Å². The van der Waals surface area contributed by atoms with Crippen LogP contribution in [-0.2, 0) is 23.3 Å². The van der Waals surface area contributed by atoms with Gasteiger partial charge in [0, 0.05) is 0 Å². The molecule has 6 aromatic carbocycles. The van der Waals surface area contributed by atoms with E-state index in [9.17, 15) is 0 Å². The molecule has 53 heavy (non-hydrogen) atoms. The Bertz CT molecular complexity index is 2390. The minimum atomic E-state index is -0.294. The number of fused-ring (bicyclic) bond motifs is 2. The minimum absolute atomic E-state index is 0.0262. The molecule has 9 rings (SSSR count). The van der Waals surface area contributed by atoms with Gasteiger partial charge in [-0.15, -0.1) is 57.9 Å². The number of furan rings is 2. The molecular formula is C47H42Cl2O2SiZr. The van der Waals surface area contributed by atoms with Crippen LogP contribution in [0.5, 0.6) is 0 Å². The number of halogens is 2. The Hall–Kier alpha value is -3.66. The number of rotatable bonds is 4. The van der Waals surface area contributed by atoms with Gasteiger partial charge in [0.2, 0.25) is 0 Å². The molecule has 1 fully saturated rings. The Morgan fingerprint density at radius 1 is 0.566 bits per heavy atom. The Labute approximate surface area is 337 Å². The zero-order valence-electron chi connectivity index (χ0n) is 31.0. The summed E-state index contributed by atoms with van der Waals surface area (Å²) in [6.07, 6.45) is 0. The molecular weight excluding hydrogens is 787 g/mol. The van der Waals surface area contributed by atoms with E-state index in [2.05, 4.69) is 125 Å². The van der Waals surface area contributed by atoms with Crippen LogP contribution in [0.15, 0.2) is 130 Å². The maximum absolute atomic E-state index is 5.81. The molecule has 0 aliphatic carbocycles. The normalized spacial score (nSPS) is 13.4. The van der Waals surface area contributed by atoms with Crippen molar-refractivity contribution in [3.63, 3.8) is 0 Å². The van der Waals surface area contributed by atoms with Crippen molar-refractivity contribution in [2.75, 3.05) is 0 Å². The van der Waals surface area contributed by atoms with Crippen LogP contribution in [0, 0.1) is 41.5 Å². The molecule has 0 bridgehead atoms. The van der Waals surface area contributed by atoms with Crippen molar-refractivity contribution in [2.45, 2.75) is 58.0 Å². The zero-order chi connectivity index (χ0) is 37.4. The fourth-order valence-electron chi connectivity index (χ4n) is 7.19. The quantitative estimate of drug-likeness (QED) is 0.100. The Balaban J connectivity index is 0.000000139. The second-order valence-electron chi connectivity index (χ2n) is 14.2. The first kappa shape index (κ1) is 37.6. The van der Waals surface area contributed by atoms with Gasteiger partial charge in [-0.1, -0.05) is 94.0 Å². The molecule has 0 unspecified atom stereocenters. The van der Waals surface area contributed by atoms with Gasteiger partial charge in [-0.25, -0.2) is 0 Å². The molecule has 0 spiro atoms. The predicted octanol–water partition coefficient (Wildman–Crippen LogP) is 14.5. The summed E-state index contributed by atoms with van der Waals surface area (Å²) in [5.41, 5.74) is 12.9. The molecule has 3 heterocycles. The molecule has 1 aliphatic heterocycles. The number of benzene rings is 4.